The number of hydrogen-bond donors (Lipinski definition) is 1. The highest BCUT2D eigenvalue weighted by Gasteiger charge is 2.17. The number of nitrogens with zero attached hydrogens (tertiary/aromatic N) is 1. The number of nitrogens with one attached hydrogen (secondary N) is 1. The first-order valence-electron chi connectivity index (χ1n) is 6.41. The topological polar surface area (TPSA) is 38.1 Å². The molecular formula is C13H22N2O. The van der Waals surface area contributed by atoms with Crippen molar-refractivity contribution in [2.75, 3.05) is 7.05 Å². The van der Waals surface area contributed by atoms with E-state index in [-0.39, 0.29) is 6.04 Å². The van der Waals surface area contributed by atoms with Gasteiger partial charge in [0, 0.05) is 6.42 Å². The van der Waals surface area contributed by atoms with Crippen LogP contribution in [-0.2, 0) is 6.42 Å². The maximum absolute atomic E-state index is 5.77. The molecule has 90 valence electrons. The van der Waals surface area contributed by atoms with E-state index in [1.807, 2.05) is 13.2 Å². The summed E-state index contributed by atoms with van der Waals surface area (Å²) < 4.78 is 5.77. The minimum absolute atomic E-state index is 0.208. The molecule has 0 bridgehead atoms. The lowest BCUT2D eigenvalue weighted by Gasteiger charge is -2.19. The summed E-state index contributed by atoms with van der Waals surface area (Å²) in [5.41, 5.74) is 0. The molecule has 1 atom stereocenters. The monoisotopic (exact) mass is 222 g/mol. The van der Waals surface area contributed by atoms with Gasteiger partial charge >= 0.3 is 0 Å². The second-order valence-corrected chi connectivity index (χ2v) is 4.88. The average molecular weight is 222 g/mol. The van der Waals surface area contributed by atoms with E-state index in [4.69, 9.17) is 4.42 Å². The van der Waals surface area contributed by atoms with E-state index in [1.54, 1.807) is 0 Å². The molecule has 0 spiro atoms. The molecule has 1 aromatic rings. The zero-order valence-corrected chi connectivity index (χ0v) is 10.3. The van der Waals surface area contributed by atoms with Crippen molar-refractivity contribution in [1.29, 1.82) is 0 Å². The molecule has 1 aliphatic carbocycles. The summed E-state index contributed by atoms with van der Waals surface area (Å²) in [6.45, 7) is 2.07. The van der Waals surface area contributed by atoms with Crippen LogP contribution in [0.3, 0.4) is 0 Å². The molecule has 1 saturated carbocycles. The first-order valence-corrected chi connectivity index (χ1v) is 6.41. The van der Waals surface area contributed by atoms with Gasteiger partial charge in [0.2, 0.25) is 5.89 Å². The fraction of sp³-hybridized carbons (Fsp3) is 0.769. The van der Waals surface area contributed by atoms with Crippen LogP contribution in [0.5, 0.6) is 0 Å². The minimum atomic E-state index is 0.208. The number of oxazole rings is 1. The van der Waals surface area contributed by atoms with E-state index in [1.165, 1.54) is 32.1 Å². The summed E-state index contributed by atoms with van der Waals surface area (Å²) in [5, 5.41) is 3.14. The van der Waals surface area contributed by atoms with Crippen LogP contribution in [0.1, 0.15) is 56.7 Å². The van der Waals surface area contributed by atoms with Gasteiger partial charge in [-0.05, 0) is 19.9 Å². The van der Waals surface area contributed by atoms with Crippen LogP contribution in [0.15, 0.2) is 10.6 Å². The molecule has 1 aliphatic rings. The van der Waals surface area contributed by atoms with Crippen LogP contribution >= 0.6 is 0 Å². The summed E-state index contributed by atoms with van der Waals surface area (Å²) >= 11 is 0. The lowest BCUT2D eigenvalue weighted by molar-refractivity contribution is 0.323. The molecule has 0 saturated heterocycles. The lowest BCUT2D eigenvalue weighted by atomic mass is 9.86. The molecule has 0 radical (unpaired) electrons. The van der Waals surface area contributed by atoms with Crippen molar-refractivity contribution in [2.45, 2.75) is 51.5 Å². The van der Waals surface area contributed by atoms with E-state index < -0.39 is 0 Å². The Morgan fingerprint density at radius 3 is 2.88 bits per heavy atom. The van der Waals surface area contributed by atoms with Gasteiger partial charge in [0.05, 0.1) is 12.2 Å². The van der Waals surface area contributed by atoms with Crippen molar-refractivity contribution in [3.63, 3.8) is 0 Å². The summed E-state index contributed by atoms with van der Waals surface area (Å²) in [6.07, 6.45) is 9.88. The molecule has 0 aromatic carbocycles. The quantitative estimate of drug-likeness (QED) is 0.850. The Morgan fingerprint density at radius 1 is 1.44 bits per heavy atom. The van der Waals surface area contributed by atoms with Crippen molar-refractivity contribution in [2.24, 2.45) is 5.92 Å². The van der Waals surface area contributed by atoms with Gasteiger partial charge in [0.25, 0.3) is 0 Å². The van der Waals surface area contributed by atoms with E-state index in [0.29, 0.717) is 0 Å². The summed E-state index contributed by atoms with van der Waals surface area (Å²) in [6, 6.07) is 0.208. The molecule has 2 rings (SSSR count). The fourth-order valence-corrected chi connectivity index (χ4v) is 2.42. The first kappa shape index (κ1) is 11.6. The van der Waals surface area contributed by atoms with Crippen LogP contribution in [-0.4, -0.2) is 12.0 Å². The third kappa shape index (κ3) is 2.85. The Hall–Kier alpha value is -0.830. The first-order chi connectivity index (χ1) is 7.79. The second-order valence-electron chi connectivity index (χ2n) is 4.88. The maximum Gasteiger partial charge on any atom is 0.211 e. The van der Waals surface area contributed by atoms with Crippen molar-refractivity contribution < 1.29 is 4.42 Å². The molecular weight excluding hydrogens is 200 g/mol. The predicted molar refractivity (Wildman–Crippen MR) is 64.3 cm³/mol. The van der Waals surface area contributed by atoms with Crippen molar-refractivity contribution in [3.8, 4) is 0 Å². The van der Waals surface area contributed by atoms with Gasteiger partial charge in [0.1, 0.15) is 5.76 Å². The van der Waals surface area contributed by atoms with Crippen molar-refractivity contribution >= 4 is 0 Å². The Morgan fingerprint density at radius 2 is 2.19 bits per heavy atom. The number of hydrogen-bond acceptors (Lipinski definition) is 3. The number of rotatable bonds is 4. The molecule has 16 heavy (non-hydrogen) atoms. The Labute approximate surface area is 97.6 Å². The van der Waals surface area contributed by atoms with E-state index in [9.17, 15) is 0 Å². The van der Waals surface area contributed by atoms with E-state index in [2.05, 4.69) is 17.2 Å². The molecule has 0 aliphatic heterocycles. The third-order valence-corrected chi connectivity index (χ3v) is 3.59. The molecule has 1 fully saturated rings. The smallest absolute Gasteiger partial charge is 0.211 e. The van der Waals surface area contributed by atoms with Gasteiger partial charge in [-0.2, -0.15) is 0 Å². The Bertz CT molecular complexity index is 315. The SMILES string of the molecule is CNC(C)c1ncc(CC2CCCCC2)o1. The van der Waals surface area contributed by atoms with Gasteiger partial charge in [-0.3, -0.25) is 0 Å². The second kappa shape index (κ2) is 5.48. The van der Waals surface area contributed by atoms with Gasteiger partial charge in [-0.25, -0.2) is 4.98 Å². The van der Waals surface area contributed by atoms with Gasteiger partial charge in [0.15, 0.2) is 0 Å². The highest BCUT2D eigenvalue weighted by atomic mass is 16.4. The zero-order chi connectivity index (χ0) is 11.4. The molecule has 1 unspecified atom stereocenters. The van der Waals surface area contributed by atoms with Crippen LogP contribution in [0.2, 0.25) is 0 Å². The highest BCUT2D eigenvalue weighted by molar-refractivity contribution is 4.98. The standard InChI is InChI=1S/C13H22N2O/c1-10(14-2)13-15-9-12(16-13)8-11-6-4-3-5-7-11/h9-11,14H,3-8H2,1-2H3. The van der Waals surface area contributed by atoms with Gasteiger partial charge in [-0.1, -0.05) is 32.1 Å². The summed E-state index contributed by atoms with van der Waals surface area (Å²) in [5.74, 6) is 2.69. The van der Waals surface area contributed by atoms with Crippen molar-refractivity contribution in [1.82, 2.24) is 10.3 Å². The third-order valence-electron chi connectivity index (χ3n) is 3.59. The van der Waals surface area contributed by atoms with E-state index in [0.717, 1.165) is 24.0 Å². The molecule has 3 nitrogen and oxygen atoms in total. The average Bonchev–Trinajstić information content (AvgIpc) is 2.78. The zero-order valence-electron chi connectivity index (χ0n) is 10.3. The minimum Gasteiger partial charge on any atom is -0.444 e. The normalized spacial score (nSPS) is 19.9. The molecule has 1 aromatic heterocycles. The molecule has 1 heterocycles. The largest absolute Gasteiger partial charge is 0.444 e. The predicted octanol–water partition coefficient (Wildman–Crippen LogP) is 3.08. The van der Waals surface area contributed by atoms with Crippen LogP contribution < -0.4 is 5.32 Å². The van der Waals surface area contributed by atoms with E-state index >= 15 is 0 Å². The summed E-state index contributed by atoms with van der Waals surface area (Å²) in [7, 11) is 1.93. The highest BCUT2D eigenvalue weighted by Crippen LogP contribution is 2.27. The number of aromatic nitrogens is 1. The van der Waals surface area contributed by atoms with Crippen LogP contribution in [0.4, 0.5) is 0 Å². The van der Waals surface area contributed by atoms with Crippen molar-refractivity contribution in [3.05, 3.63) is 17.8 Å². The maximum atomic E-state index is 5.77. The Kier molecular flexibility index (Phi) is 3.99. The fourth-order valence-electron chi connectivity index (χ4n) is 2.42. The van der Waals surface area contributed by atoms with Crippen LogP contribution in [0.25, 0.3) is 0 Å². The Balaban J connectivity index is 1.91. The molecule has 1 N–H and O–H groups in total. The molecule has 3 heteroatoms. The molecule has 0 amide bonds. The van der Waals surface area contributed by atoms with Crippen LogP contribution in [0, 0.1) is 5.92 Å². The van der Waals surface area contributed by atoms with Gasteiger partial charge < -0.3 is 9.73 Å². The van der Waals surface area contributed by atoms with Gasteiger partial charge in [-0.15, -0.1) is 0 Å². The summed E-state index contributed by atoms with van der Waals surface area (Å²) in [4.78, 5) is 4.32. The lowest BCUT2D eigenvalue weighted by Crippen LogP contribution is -2.12.